The van der Waals surface area contributed by atoms with Gasteiger partial charge in [0.1, 0.15) is 0 Å². The number of hydrogen-bond donors (Lipinski definition) is 0. The number of benzene rings is 1. The van der Waals surface area contributed by atoms with Gasteiger partial charge < -0.3 is 9.47 Å². The number of pyridine rings is 1. The summed E-state index contributed by atoms with van der Waals surface area (Å²) in [5.41, 5.74) is 5.15. The molecule has 1 unspecified atom stereocenters. The van der Waals surface area contributed by atoms with E-state index < -0.39 is 0 Å². The monoisotopic (exact) mass is 319 g/mol. The summed E-state index contributed by atoms with van der Waals surface area (Å²) in [6.45, 7) is 4.78. The molecule has 3 aromatic rings. The highest BCUT2D eigenvalue weighted by molar-refractivity contribution is 5.86. The average Bonchev–Trinajstić information content (AvgIpc) is 3.17. The van der Waals surface area contributed by atoms with Gasteiger partial charge in [0.25, 0.3) is 0 Å². The molecule has 0 saturated carbocycles. The van der Waals surface area contributed by atoms with Crippen molar-refractivity contribution in [1.29, 1.82) is 0 Å². The standard InChI is InChI=1S/C21H25N3/c1-16-5-4-11-24(16)12-9-20-14-19-13-17(7-8-21(19)23(20)2)18-6-3-10-22-15-18/h3,6-8,10,13-16H,4-5,9,11-12H2,1-2H3. The fourth-order valence-electron chi connectivity index (χ4n) is 3.94. The summed E-state index contributed by atoms with van der Waals surface area (Å²) in [5.74, 6) is 0. The molecule has 1 fully saturated rings. The zero-order valence-corrected chi connectivity index (χ0v) is 14.6. The van der Waals surface area contributed by atoms with Gasteiger partial charge in [-0.3, -0.25) is 4.98 Å². The van der Waals surface area contributed by atoms with Crippen LogP contribution in [-0.2, 0) is 13.5 Å². The first kappa shape index (κ1) is 15.4. The fourth-order valence-corrected chi connectivity index (χ4v) is 3.94. The maximum atomic E-state index is 4.23. The van der Waals surface area contributed by atoms with Crippen molar-refractivity contribution in [2.75, 3.05) is 13.1 Å². The largest absolute Gasteiger partial charge is 0.348 e. The smallest absolute Gasteiger partial charge is 0.0480 e. The molecule has 1 aromatic carbocycles. The number of likely N-dealkylation sites (tertiary alicyclic amines) is 1. The Morgan fingerprint density at radius 3 is 2.83 bits per heavy atom. The zero-order valence-electron chi connectivity index (χ0n) is 14.6. The molecule has 4 rings (SSSR count). The molecule has 1 aliphatic heterocycles. The third-order valence-corrected chi connectivity index (χ3v) is 5.48. The number of nitrogens with zero attached hydrogens (tertiary/aromatic N) is 3. The minimum Gasteiger partial charge on any atom is -0.348 e. The normalized spacial score (nSPS) is 18.5. The lowest BCUT2D eigenvalue weighted by Crippen LogP contribution is -2.29. The Bertz CT molecular complexity index is 835. The van der Waals surface area contributed by atoms with Crippen LogP contribution in [0.5, 0.6) is 0 Å². The molecule has 0 bridgehead atoms. The van der Waals surface area contributed by atoms with Crippen molar-refractivity contribution in [3.8, 4) is 11.1 Å². The van der Waals surface area contributed by atoms with E-state index in [1.807, 2.05) is 18.5 Å². The highest BCUT2D eigenvalue weighted by Crippen LogP contribution is 2.26. The topological polar surface area (TPSA) is 21.1 Å². The Morgan fingerprint density at radius 1 is 1.17 bits per heavy atom. The maximum Gasteiger partial charge on any atom is 0.0480 e. The molecule has 0 radical (unpaired) electrons. The van der Waals surface area contributed by atoms with E-state index in [1.54, 1.807) is 0 Å². The van der Waals surface area contributed by atoms with Gasteiger partial charge in [0.05, 0.1) is 0 Å². The van der Waals surface area contributed by atoms with Crippen LogP contribution < -0.4 is 0 Å². The summed E-state index contributed by atoms with van der Waals surface area (Å²) in [7, 11) is 2.19. The molecule has 24 heavy (non-hydrogen) atoms. The van der Waals surface area contributed by atoms with Gasteiger partial charge in [-0.2, -0.15) is 0 Å². The summed E-state index contributed by atoms with van der Waals surface area (Å²) < 4.78 is 2.35. The Labute approximate surface area is 143 Å². The molecule has 2 aromatic heterocycles. The van der Waals surface area contributed by atoms with E-state index in [0.717, 1.165) is 12.5 Å². The Morgan fingerprint density at radius 2 is 2.08 bits per heavy atom. The molecule has 0 N–H and O–H groups in total. The second-order valence-corrected chi connectivity index (χ2v) is 6.99. The molecule has 1 atom stereocenters. The third kappa shape index (κ3) is 2.84. The molecule has 3 heterocycles. The van der Waals surface area contributed by atoms with Gasteiger partial charge in [-0.05, 0) is 56.1 Å². The molecular weight excluding hydrogens is 294 g/mol. The first-order valence-corrected chi connectivity index (χ1v) is 8.95. The van der Waals surface area contributed by atoms with Gasteiger partial charge in [0, 0.05) is 60.6 Å². The third-order valence-electron chi connectivity index (χ3n) is 5.48. The van der Waals surface area contributed by atoms with E-state index in [1.165, 1.54) is 53.7 Å². The summed E-state index contributed by atoms with van der Waals surface area (Å²) in [4.78, 5) is 6.86. The van der Waals surface area contributed by atoms with Crippen LogP contribution in [0.25, 0.3) is 22.0 Å². The summed E-state index contributed by atoms with van der Waals surface area (Å²) in [6.07, 6.45) is 7.58. The van der Waals surface area contributed by atoms with Crippen molar-refractivity contribution in [3.63, 3.8) is 0 Å². The predicted octanol–water partition coefficient (Wildman–Crippen LogP) is 4.27. The molecule has 1 saturated heterocycles. The number of rotatable bonds is 4. The van der Waals surface area contributed by atoms with Crippen LogP contribution in [0.15, 0.2) is 48.8 Å². The minimum atomic E-state index is 0.747. The highest BCUT2D eigenvalue weighted by Gasteiger charge is 2.20. The Balaban J connectivity index is 1.60. The highest BCUT2D eigenvalue weighted by atomic mass is 15.2. The number of fused-ring (bicyclic) bond motifs is 1. The van der Waals surface area contributed by atoms with Gasteiger partial charge in [-0.15, -0.1) is 0 Å². The SMILES string of the molecule is CC1CCCN1CCc1cc2cc(-c3cccnc3)ccc2n1C. The van der Waals surface area contributed by atoms with Gasteiger partial charge >= 0.3 is 0 Å². The first-order chi connectivity index (χ1) is 11.7. The molecule has 0 spiro atoms. The molecule has 1 aliphatic rings. The van der Waals surface area contributed by atoms with Crippen molar-refractivity contribution in [1.82, 2.24) is 14.5 Å². The number of hydrogen-bond acceptors (Lipinski definition) is 2. The van der Waals surface area contributed by atoms with E-state index in [9.17, 15) is 0 Å². The van der Waals surface area contributed by atoms with E-state index in [0.29, 0.717) is 0 Å². The lowest BCUT2D eigenvalue weighted by Gasteiger charge is -2.20. The summed E-state index contributed by atoms with van der Waals surface area (Å²) in [5, 5.41) is 1.32. The minimum absolute atomic E-state index is 0.747. The maximum absolute atomic E-state index is 4.23. The second-order valence-electron chi connectivity index (χ2n) is 6.99. The van der Waals surface area contributed by atoms with Gasteiger partial charge in [0.2, 0.25) is 0 Å². The number of aryl methyl sites for hydroxylation is 1. The van der Waals surface area contributed by atoms with Crippen LogP contribution in [0, 0.1) is 0 Å². The summed E-state index contributed by atoms with van der Waals surface area (Å²) >= 11 is 0. The zero-order chi connectivity index (χ0) is 16.5. The lowest BCUT2D eigenvalue weighted by molar-refractivity contribution is 0.271. The summed E-state index contributed by atoms with van der Waals surface area (Å²) in [6, 6.07) is 13.9. The quantitative estimate of drug-likeness (QED) is 0.716. The van der Waals surface area contributed by atoms with Gasteiger partial charge in [-0.1, -0.05) is 12.1 Å². The van der Waals surface area contributed by atoms with E-state index in [-0.39, 0.29) is 0 Å². The van der Waals surface area contributed by atoms with Crippen molar-refractivity contribution >= 4 is 10.9 Å². The Hall–Kier alpha value is -2.13. The molecule has 3 nitrogen and oxygen atoms in total. The molecule has 0 amide bonds. The van der Waals surface area contributed by atoms with E-state index in [2.05, 4.69) is 58.8 Å². The van der Waals surface area contributed by atoms with Crippen molar-refractivity contribution in [3.05, 3.63) is 54.5 Å². The van der Waals surface area contributed by atoms with Crippen LogP contribution in [-0.4, -0.2) is 33.6 Å². The van der Waals surface area contributed by atoms with Gasteiger partial charge in [-0.25, -0.2) is 0 Å². The van der Waals surface area contributed by atoms with Crippen molar-refractivity contribution in [2.45, 2.75) is 32.2 Å². The molecular formula is C21H25N3. The molecule has 0 aliphatic carbocycles. The van der Waals surface area contributed by atoms with Crippen LogP contribution in [0.4, 0.5) is 0 Å². The van der Waals surface area contributed by atoms with Crippen LogP contribution >= 0.6 is 0 Å². The van der Waals surface area contributed by atoms with Crippen LogP contribution in [0.2, 0.25) is 0 Å². The molecule has 124 valence electrons. The first-order valence-electron chi connectivity index (χ1n) is 8.95. The van der Waals surface area contributed by atoms with Crippen molar-refractivity contribution < 1.29 is 0 Å². The van der Waals surface area contributed by atoms with E-state index >= 15 is 0 Å². The van der Waals surface area contributed by atoms with E-state index in [4.69, 9.17) is 0 Å². The molecule has 3 heteroatoms. The Kier molecular flexibility index (Phi) is 4.11. The average molecular weight is 319 g/mol. The fraction of sp³-hybridized carbons (Fsp3) is 0.381. The van der Waals surface area contributed by atoms with Gasteiger partial charge in [0.15, 0.2) is 0 Å². The predicted molar refractivity (Wildman–Crippen MR) is 100 cm³/mol. The second kappa shape index (κ2) is 6.40. The number of aromatic nitrogens is 2. The van der Waals surface area contributed by atoms with Crippen molar-refractivity contribution in [2.24, 2.45) is 7.05 Å². The van der Waals surface area contributed by atoms with Crippen LogP contribution in [0.1, 0.15) is 25.5 Å². The van der Waals surface area contributed by atoms with Crippen LogP contribution in [0.3, 0.4) is 0 Å². The lowest BCUT2D eigenvalue weighted by atomic mass is 10.1.